The Balaban J connectivity index is 2.14. The topological polar surface area (TPSA) is 61.3 Å². The van der Waals surface area contributed by atoms with Crippen molar-refractivity contribution in [1.29, 1.82) is 0 Å². The van der Waals surface area contributed by atoms with Crippen LogP contribution in [0.2, 0.25) is 0 Å². The lowest BCUT2D eigenvalue weighted by molar-refractivity contribution is 0.390. The van der Waals surface area contributed by atoms with E-state index in [0.29, 0.717) is 17.9 Å². The van der Waals surface area contributed by atoms with Crippen LogP contribution in [0, 0.1) is 0 Å². The quantitative estimate of drug-likeness (QED) is 0.828. The number of nitrogens with zero attached hydrogens (tertiary/aromatic N) is 1. The summed E-state index contributed by atoms with van der Waals surface area (Å²) >= 11 is 0. The van der Waals surface area contributed by atoms with Gasteiger partial charge in [0.2, 0.25) is 0 Å². The Kier molecular flexibility index (Phi) is 2.58. The van der Waals surface area contributed by atoms with E-state index in [2.05, 4.69) is 5.16 Å². The molecule has 0 aliphatic rings. The molecule has 2 N–H and O–H groups in total. The highest BCUT2D eigenvalue weighted by molar-refractivity contribution is 5.41. The second-order valence-electron chi connectivity index (χ2n) is 3.23. The van der Waals surface area contributed by atoms with Crippen molar-refractivity contribution in [3.8, 4) is 5.75 Å². The molecule has 0 aliphatic carbocycles. The number of nitrogen functional groups attached to an aromatic ring is 1. The minimum absolute atomic E-state index is 0.589. The fourth-order valence-electron chi connectivity index (χ4n) is 1.33. The number of rotatable bonds is 3. The lowest BCUT2D eigenvalue weighted by Gasteiger charge is -2.01. The van der Waals surface area contributed by atoms with Crippen LogP contribution in [0.15, 0.2) is 35.0 Å². The molecule has 2 rings (SSSR count). The molecule has 15 heavy (non-hydrogen) atoms. The molecule has 0 atom stereocenters. The van der Waals surface area contributed by atoms with E-state index in [9.17, 15) is 0 Å². The van der Waals surface area contributed by atoms with Gasteiger partial charge in [0.1, 0.15) is 5.75 Å². The predicted octanol–water partition coefficient (Wildman–Crippen LogP) is 1.86. The van der Waals surface area contributed by atoms with Gasteiger partial charge in [-0.1, -0.05) is 17.3 Å². The molecule has 4 heteroatoms. The Labute approximate surface area is 87.6 Å². The zero-order valence-corrected chi connectivity index (χ0v) is 8.43. The number of benzene rings is 1. The molecule has 1 aromatic heterocycles. The van der Waals surface area contributed by atoms with Crippen molar-refractivity contribution in [2.75, 3.05) is 12.8 Å². The number of ether oxygens (including phenoxy) is 1. The summed E-state index contributed by atoms with van der Waals surface area (Å²) in [5.41, 5.74) is 7.36. The summed E-state index contributed by atoms with van der Waals surface area (Å²) in [4.78, 5) is 0. The number of aromatic nitrogens is 1. The number of hydrogen-bond donors (Lipinski definition) is 1. The minimum atomic E-state index is 0.589. The lowest BCUT2D eigenvalue weighted by atomic mass is 10.1. The van der Waals surface area contributed by atoms with Gasteiger partial charge in [0.15, 0.2) is 5.76 Å². The molecule has 4 nitrogen and oxygen atoms in total. The van der Waals surface area contributed by atoms with E-state index >= 15 is 0 Å². The van der Waals surface area contributed by atoms with E-state index in [0.717, 1.165) is 11.3 Å². The van der Waals surface area contributed by atoms with E-state index in [1.807, 2.05) is 24.3 Å². The van der Waals surface area contributed by atoms with Gasteiger partial charge in [0.05, 0.1) is 19.0 Å². The van der Waals surface area contributed by atoms with Crippen LogP contribution in [-0.4, -0.2) is 12.3 Å². The molecular weight excluding hydrogens is 192 g/mol. The molecular formula is C11H12N2O2. The van der Waals surface area contributed by atoms with Crippen LogP contribution in [-0.2, 0) is 6.42 Å². The Morgan fingerprint density at radius 1 is 1.33 bits per heavy atom. The lowest BCUT2D eigenvalue weighted by Crippen LogP contribution is -1.91. The highest BCUT2D eigenvalue weighted by Gasteiger charge is 2.05. The Bertz CT molecular complexity index is 434. The normalized spacial score (nSPS) is 10.2. The van der Waals surface area contributed by atoms with Gasteiger partial charge < -0.3 is 15.0 Å². The molecule has 78 valence electrons. The predicted molar refractivity (Wildman–Crippen MR) is 56.7 cm³/mol. The summed E-state index contributed by atoms with van der Waals surface area (Å²) < 4.78 is 10.1. The van der Waals surface area contributed by atoms with Crippen LogP contribution in [0.4, 0.5) is 5.69 Å². The number of methoxy groups -OCH3 is 1. The first kappa shape index (κ1) is 9.58. The summed E-state index contributed by atoms with van der Waals surface area (Å²) in [6, 6.07) is 7.76. The standard InChI is InChI=1S/C11H12N2O2/c1-14-9-4-2-8(3-5-9)6-11-10(12)7-13-15-11/h2-5,7H,6,12H2,1H3. The monoisotopic (exact) mass is 204 g/mol. The molecule has 0 bridgehead atoms. The smallest absolute Gasteiger partial charge is 0.163 e. The summed E-state index contributed by atoms with van der Waals surface area (Å²) in [6.45, 7) is 0. The van der Waals surface area contributed by atoms with Gasteiger partial charge in [-0.2, -0.15) is 0 Å². The Morgan fingerprint density at radius 3 is 2.60 bits per heavy atom. The molecule has 0 fully saturated rings. The van der Waals surface area contributed by atoms with Crippen LogP contribution in [0.25, 0.3) is 0 Å². The van der Waals surface area contributed by atoms with Gasteiger partial charge >= 0.3 is 0 Å². The van der Waals surface area contributed by atoms with Crippen molar-refractivity contribution < 1.29 is 9.26 Å². The minimum Gasteiger partial charge on any atom is -0.497 e. The van der Waals surface area contributed by atoms with Crippen LogP contribution < -0.4 is 10.5 Å². The summed E-state index contributed by atoms with van der Waals surface area (Å²) in [5.74, 6) is 1.53. The molecule has 2 aromatic rings. The molecule has 0 unspecified atom stereocenters. The highest BCUT2D eigenvalue weighted by Crippen LogP contribution is 2.17. The van der Waals surface area contributed by atoms with Crippen LogP contribution in [0.1, 0.15) is 11.3 Å². The molecule has 0 saturated carbocycles. The number of hydrogen-bond acceptors (Lipinski definition) is 4. The second-order valence-corrected chi connectivity index (χ2v) is 3.23. The SMILES string of the molecule is COc1ccc(Cc2oncc2N)cc1. The van der Waals surface area contributed by atoms with Crippen molar-refractivity contribution in [3.05, 3.63) is 41.8 Å². The third kappa shape index (κ3) is 2.10. The van der Waals surface area contributed by atoms with Crippen LogP contribution in [0.5, 0.6) is 5.75 Å². The first-order chi connectivity index (χ1) is 7.29. The first-order valence-electron chi connectivity index (χ1n) is 4.61. The van der Waals surface area contributed by atoms with E-state index in [4.69, 9.17) is 15.0 Å². The molecule has 0 radical (unpaired) electrons. The average molecular weight is 204 g/mol. The van der Waals surface area contributed by atoms with Gasteiger partial charge in [-0.05, 0) is 17.7 Å². The van der Waals surface area contributed by atoms with Gasteiger partial charge in [-0.3, -0.25) is 0 Å². The number of nitrogens with two attached hydrogens (primary N) is 1. The van der Waals surface area contributed by atoms with Gasteiger partial charge in [-0.15, -0.1) is 0 Å². The van der Waals surface area contributed by atoms with Crippen LogP contribution >= 0.6 is 0 Å². The molecule has 0 saturated heterocycles. The molecule has 0 aliphatic heterocycles. The Hall–Kier alpha value is -1.97. The fourth-order valence-corrected chi connectivity index (χ4v) is 1.33. The first-order valence-corrected chi connectivity index (χ1v) is 4.61. The summed E-state index contributed by atoms with van der Waals surface area (Å²) in [6.07, 6.45) is 2.16. The summed E-state index contributed by atoms with van der Waals surface area (Å²) in [5, 5.41) is 3.63. The van der Waals surface area contributed by atoms with E-state index < -0.39 is 0 Å². The second kappa shape index (κ2) is 4.04. The average Bonchev–Trinajstić information content (AvgIpc) is 2.66. The summed E-state index contributed by atoms with van der Waals surface area (Å²) in [7, 11) is 1.64. The molecule has 1 aromatic carbocycles. The highest BCUT2D eigenvalue weighted by atomic mass is 16.5. The van der Waals surface area contributed by atoms with Crippen LogP contribution in [0.3, 0.4) is 0 Å². The van der Waals surface area contributed by atoms with Crippen molar-refractivity contribution in [2.24, 2.45) is 0 Å². The maximum atomic E-state index is 5.66. The van der Waals surface area contributed by atoms with Crippen molar-refractivity contribution >= 4 is 5.69 Å². The van der Waals surface area contributed by atoms with E-state index in [1.165, 1.54) is 6.20 Å². The van der Waals surface area contributed by atoms with Gasteiger partial charge in [0.25, 0.3) is 0 Å². The fraction of sp³-hybridized carbons (Fsp3) is 0.182. The maximum Gasteiger partial charge on any atom is 0.163 e. The maximum absolute atomic E-state index is 5.66. The molecule has 0 spiro atoms. The van der Waals surface area contributed by atoms with E-state index in [1.54, 1.807) is 7.11 Å². The van der Waals surface area contributed by atoms with Crippen molar-refractivity contribution in [3.63, 3.8) is 0 Å². The van der Waals surface area contributed by atoms with E-state index in [-0.39, 0.29) is 0 Å². The zero-order chi connectivity index (χ0) is 10.7. The zero-order valence-electron chi connectivity index (χ0n) is 8.43. The largest absolute Gasteiger partial charge is 0.497 e. The molecule has 1 heterocycles. The third-order valence-electron chi connectivity index (χ3n) is 2.20. The number of anilines is 1. The molecule has 0 amide bonds. The van der Waals surface area contributed by atoms with Gasteiger partial charge in [-0.25, -0.2) is 0 Å². The van der Waals surface area contributed by atoms with Gasteiger partial charge in [0, 0.05) is 6.42 Å². The van der Waals surface area contributed by atoms with Crippen molar-refractivity contribution in [1.82, 2.24) is 5.16 Å². The third-order valence-corrected chi connectivity index (χ3v) is 2.20. The Morgan fingerprint density at radius 2 is 2.07 bits per heavy atom. The van der Waals surface area contributed by atoms with Crippen molar-refractivity contribution in [2.45, 2.75) is 6.42 Å².